The minimum Gasteiger partial charge on any atom is -0.454 e. The number of carbonyl (C=O) groups is 2. The fraction of sp³-hybridized carbons (Fsp3) is 0.417. The van der Waals surface area contributed by atoms with Crippen molar-refractivity contribution in [2.24, 2.45) is 0 Å². The number of piperidine rings is 1. The highest BCUT2D eigenvalue weighted by molar-refractivity contribution is 5.95. The molecule has 4 heterocycles. The maximum Gasteiger partial charge on any atom is 0.253 e. The Morgan fingerprint density at radius 2 is 1.61 bits per heavy atom. The first-order valence-corrected chi connectivity index (χ1v) is 11.2. The second-order valence-electron chi connectivity index (χ2n) is 8.87. The van der Waals surface area contributed by atoms with Crippen molar-refractivity contribution in [2.75, 3.05) is 26.7 Å². The lowest BCUT2D eigenvalue weighted by Gasteiger charge is -2.44. The number of nitrogens with one attached hydrogen (secondary N) is 1. The summed E-state index contributed by atoms with van der Waals surface area (Å²) in [6.07, 6.45) is 1.31. The Hall–Kier alpha value is -3.46. The van der Waals surface area contributed by atoms with Gasteiger partial charge in [0.2, 0.25) is 19.5 Å². The quantitative estimate of drug-likeness (QED) is 0.764. The standard InChI is InChI=1S/C24H25N3O6/c1-15-22(28)27(12-16-2-4-18-20(10-16)32-13-30-18)24(25-15)6-8-26(9-7-24)23(29)17-3-5-19-21(11-17)33-14-31-19/h2-5,10-11,15,25H,6-9,12-14H2,1H3. The Morgan fingerprint density at radius 3 is 2.33 bits per heavy atom. The zero-order valence-electron chi connectivity index (χ0n) is 18.3. The summed E-state index contributed by atoms with van der Waals surface area (Å²) in [7, 11) is 0. The Balaban J connectivity index is 1.18. The molecule has 0 saturated carbocycles. The average Bonchev–Trinajstić information content (AvgIpc) is 3.54. The highest BCUT2D eigenvalue weighted by atomic mass is 16.7. The zero-order valence-corrected chi connectivity index (χ0v) is 18.3. The van der Waals surface area contributed by atoms with Crippen molar-refractivity contribution in [3.8, 4) is 23.0 Å². The third-order valence-electron chi connectivity index (χ3n) is 6.91. The third-order valence-corrected chi connectivity index (χ3v) is 6.91. The van der Waals surface area contributed by atoms with Crippen LogP contribution in [0.5, 0.6) is 23.0 Å². The summed E-state index contributed by atoms with van der Waals surface area (Å²) in [5.74, 6) is 2.72. The molecule has 2 aromatic rings. The molecule has 2 saturated heterocycles. The van der Waals surface area contributed by atoms with Gasteiger partial charge in [0, 0.05) is 38.0 Å². The number of hydrogen-bond acceptors (Lipinski definition) is 7. The molecule has 172 valence electrons. The number of hydrogen-bond donors (Lipinski definition) is 1. The van der Waals surface area contributed by atoms with E-state index in [1.165, 1.54) is 0 Å². The second kappa shape index (κ2) is 7.55. The third kappa shape index (κ3) is 3.34. The van der Waals surface area contributed by atoms with Gasteiger partial charge in [-0.1, -0.05) is 6.07 Å². The molecule has 4 aliphatic heterocycles. The second-order valence-corrected chi connectivity index (χ2v) is 8.87. The first-order chi connectivity index (χ1) is 16.0. The molecular formula is C24H25N3O6. The molecule has 2 fully saturated rings. The molecule has 33 heavy (non-hydrogen) atoms. The van der Waals surface area contributed by atoms with Crippen LogP contribution < -0.4 is 24.3 Å². The molecule has 0 bridgehead atoms. The maximum atomic E-state index is 13.1. The molecule has 0 radical (unpaired) electrons. The van der Waals surface area contributed by atoms with Crippen LogP contribution in [0.15, 0.2) is 36.4 Å². The van der Waals surface area contributed by atoms with Gasteiger partial charge in [0.25, 0.3) is 5.91 Å². The molecular weight excluding hydrogens is 426 g/mol. The predicted molar refractivity (Wildman–Crippen MR) is 116 cm³/mol. The molecule has 1 unspecified atom stereocenters. The average molecular weight is 451 g/mol. The van der Waals surface area contributed by atoms with Gasteiger partial charge in [-0.3, -0.25) is 14.9 Å². The van der Waals surface area contributed by atoms with E-state index in [4.69, 9.17) is 18.9 Å². The lowest BCUT2D eigenvalue weighted by atomic mass is 9.94. The van der Waals surface area contributed by atoms with Gasteiger partial charge in [0.15, 0.2) is 23.0 Å². The number of benzene rings is 2. The zero-order chi connectivity index (χ0) is 22.6. The van der Waals surface area contributed by atoms with E-state index in [1.54, 1.807) is 18.2 Å². The number of likely N-dealkylation sites (tertiary alicyclic amines) is 1. The number of ether oxygens (including phenoxy) is 4. The summed E-state index contributed by atoms with van der Waals surface area (Å²) >= 11 is 0. The summed E-state index contributed by atoms with van der Waals surface area (Å²) in [6.45, 7) is 3.88. The van der Waals surface area contributed by atoms with Crippen LogP contribution in [0.4, 0.5) is 0 Å². The number of fused-ring (bicyclic) bond motifs is 2. The Bertz CT molecular complexity index is 1130. The van der Waals surface area contributed by atoms with E-state index in [1.807, 2.05) is 34.9 Å². The van der Waals surface area contributed by atoms with Crippen molar-refractivity contribution in [3.05, 3.63) is 47.5 Å². The van der Waals surface area contributed by atoms with E-state index in [0.717, 1.165) is 11.3 Å². The molecule has 2 aromatic carbocycles. The Labute approximate surface area is 191 Å². The van der Waals surface area contributed by atoms with Crippen LogP contribution in [0.2, 0.25) is 0 Å². The summed E-state index contributed by atoms with van der Waals surface area (Å²) in [5.41, 5.74) is 1.09. The summed E-state index contributed by atoms with van der Waals surface area (Å²) in [5, 5.41) is 3.52. The van der Waals surface area contributed by atoms with E-state index in [-0.39, 0.29) is 31.4 Å². The molecule has 9 heteroatoms. The minimum absolute atomic E-state index is 0.0390. The molecule has 9 nitrogen and oxygen atoms in total. The fourth-order valence-electron chi connectivity index (χ4n) is 5.14. The SMILES string of the molecule is CC1NC2(CCN(C(=O)c3ccc4c(c3)OCO4)CC2)N(Cc2ccc3c(c2)OCO3)C1=O. The van der Waals surface area contributed by atoms with Gasteiger partial charge in [0.1, 0.15) is 0 Å². The van der Waals surface area contributed by atoms with Crippen molar-refractivity contribution < 1.29 is 28.5 Å². The first kappa shape index (κ1) is 20.2. The van der Waals surface area contributed by atoms with Gasteiger partial charge in [0.05, 0.1) is 11.7 Å². The molecule has 2 amide bonds. The molecule has 1 atom stereocenters. The van der Waals surface area contributed by atoms with Crippen LogP contribution in [-0.2, 0) is 11.3 Å². The van der Waals surface area contributed by atoms with E-state index >= 15 is 0 Å². The number of amides is 2. The largest absolute Gasteiger partial charge is 0.454 e. The van der Waals surface area contributed by atoms with Crippen molar-refractivity contribution >= 4 is 11.8 Å². The van der Waals surface area contributed by atoms with Gasteiger partial charge in [-0.05, 0) is 42.8 Å². The highest BCUT2D eigenvalue weighted by Gasteiger charge is 2.50. The summed E-state index contributed by atoms with van der Waals surface area (Å²) < 4.78 is 21.6. The normalized spacial score (nSPS) is 22.3. The lowest BCUT2D eigenvalue weighted by Crippen LogP contribution is -2.59. The van der Waals surface area contributed by atoms with Gasteiger partial charge in [-0.15, -0.1) is 0 Å². The van der Waals surface area contributed by atoms with Crippen LogP contribution in [0.1, 0.15) is 35.7 Å². The van der Waals surface area contributed by atoms with E-state index < -0.39 is 5.66 Å². The summed E-state index contributed by atoms with van der Waals surface area (Å²) in [6, 6.07) is 10.8. The number of nitrogens with zero attached hydrogens (tertiary/aromatic N) is 2. The molecule has 0 aliphatic carbocycles. The van der Waals surface area contributed by atoms with Gasteiger partial charge >= 0.3 is 0 Å². The molecule has 4 aliphatic rings. The lowest BCUT2D eigenvalue weighted by molar-refractivity contribution is -0.133. The van der Waals surface area contributed by atoms with Gasteiger partial charge in [-0.2, -0.15) is 0 Å². The van der Waals surface area contributed by atoms with Crippen LogP contribution in [0, 0.1) is 0 Å². The highest BCUT2D eigenvalue weighted by Crippen LogP contribution is 2.38. The molecule has 6 rings (SSSR count). The predicted octanol–water partition coefficient (Wildman–Crippen LogP) is 2.10. The van der Waals surface area contributed by atoms with Crippen molar-refractivity contribution in [1.82, 2.24) is 15.1 Å². The van der Waals surface area contributed by atoms with E-state index in [2.05, 4.69) is 5.32 Å². The Kier molecular flexibility index (Phi) is 4.62. The minimum atomic E-state index is -0.474. The monoisotopic (exact) mass is 451 g/mol. The van der Waals surface area contributed by atoms with Crippen LogP contribution in [0.3, 0.4) is 0 Å². The van der Waals surface area contributed by atoms with E-state index in [0.29, 0.717) is 55.3 Å². The van der Waals surface area contributed by atoms with Gasteiger partial charge < -0.3 is 28.7 Å². The van der Waals surface area contributed by atoms with Crippen molar-refractivity contribution in [2.45, 2.75) is 38.0 Å². The molecule has 0 aromatic heterocycles. The summed E-state index contributed by atoms with van der Waals surface area (Å²) in [4.78, 5) is 30.0. The fourth-order valence-corrected chi connectivity index (χ4v) is 5.14. The van der Waals surface area contributed by atoms with Crippen LogP contribution in [0.25, 0.3) is 0 Å². The maximum absolute atomic E-state index is 13.1. The number of rotatable bonds is 3. The first-order valence-electron chi connectivity index (χ1n) is 11.2. The topological polar surface area (TPSA) is 89.6 Å². The van der Waals surface area contributed by atoms with Crippen LogP contribution in [-0.4, -0.2) is 60.0 Å². The Morgan fingerprint density at radius 1 is 0.970 bits per heavy atom. The molecule has 1 N–H and O–H groups in total. The molecule has 1 spiro atoms. The van der Waals surface area contributed by atoms with Crippen molar-refractivity contribution in [1.29, 1.82) is 0 Å². The number of carbonyl (C=O) groups excluding carboxylic acids is 2. The van der Waals surface area contributed by atoms with E-state index in [9.17, 15) is 9.59 Å². The van der Waals surface area contributed by atoms with Crippen LogP contribution >= 0.6 is 0 Å². The van der Waals surface area contributed by atoms with Crippen molar-refractivity contribution in [3.63, 3.8) is 0 Å². The smallest absolute Gasteiger partial charge is 0.253 e. The van der Waals surface area contributed by atoms with Gasteiger partial charge in [-0.25, -0.2) is 0 Å².